The average Bonchev–Trinajstić information content (AvgIpc) is 2.27. The predicted octanol–water partition coefficient (Wildman–Crippen LogP) is 3.08. The third-order valence-corrected chi connectivity index (χ3v) is 3.16. The van der Waals surface area contributed by atoms with Crippen molar-refractivity contribution in [2.75, 3.05) is 5.75 Å². The van der Waals surface area contributed by atoms with Gasteiger partial charge < -0.3 is 5.11 Å². The van der Waals surface area contributed by atoms with Crippen LogP contribution < -0.4 is 0 Å². The SMILES string of the molecule is CC#CCCC(O)CSc1cccc(F)c1. The fraction of sp³-hybridized carbons (Fsp3) is 0.385. The lowest BCUT2D eigenvalue weighted by molar-refractivity contribution is 0.191. The highest BCUT2D eigenvalue weighted by Crippen LogP contribution is 2.20. The van der Waals surface area contributed by atoms with Crippen LogP contribution in [0.5, 0.6) is 0 Å². The fourth-order valence-electron chi connectivity index (χ4n) is 1.20. The molecule has 1 rings (SSSR count). The highest BCUT2D eigenvalue weighted by atomic mass is 32.2. The minimum Gasteiger partial charge on any atom is -0.392 e. The molecular weight excluding hydrogens is 223 g/mol. The molecule has 0 fully saturated rings. The van der Waals surface area contributed by atoms with Crippen LogP contribution in [0.15, 0.2) is 29.2 Å². The van der Waals surface area contributed by atoms with Crippen molar-refractivity contribution in [1.82, 2.24) is 0 Å². The van der Waals surface area contributed by atoms with Crippen molar-refractivity contribution < 1.29 is 9.50 Å². The summed E-state index contributed by atoms with van der Waals surface area (Å²) >= 11 is 1.46. The van der Waals surface area contributed by atoms with Gasteiger partial charge in [-0.2, -0.15) is 0 Å². The molecule has 86 valence electrons. The van der Waals surface area contributed by atoms with Gasteiger partial charge in [0.15, 0.2) is 0 Å². The van der Waals surface area contributed by atoms with Crippen LogP contribution >= 0.6 is 11.8 Å². The predicted molar refractivity (Wildman–Crippen MR) is 65.8 cm³/mol. The number of hydrogen-bond donors (Lipinski definition) is 1. The van der Waals surface area contributed by atoms with Gasteiger partial charge in [0.25, 0.3) is 0 Å². The molecule has 1 atom stereocenters. The molecule has 0 heterocycles. The van der Waals surface area contributed by atoms with Crippen molar-refractivity contribution in [3.8, 4) is 11.8 Å². The van der Waals surface area contributed by atoms with Gasteiger partial charge in [0.2, 0.25) is 0 Å². The van der Waals surface area contributed by atoms with Crippen LogP contribution in [-0.4, -0.2) is 17.0 Å². The van der Waals surface area contributed by atoms with Gasteiger partial charge in [-0.25, -0.2) is 4.39 Å². The van der Waals surface area contributed by atoms with Crippen LogP contribution in [0.25, 0.3) is 0 Å². The maximum atomic E-state index is 12.8. The van der Waals surface area contributed by atoms with Crippen molar-refractivity contribution in [2.24, 2.45) is 0 Å². The lowest BCUT2D eigenvalue weighted by atomic mass is 10.2. The Morgan fingerprint density at radius 2 is 2.31 bits per heavy atom. The van der Waals surface area contributed by atoms with E-state index in [0.29, 0.717) is 18.6 Å². The topological polar surface area (TPSA) is 20.2 Å². The zero-order valence-corrected chi connectivity index (χ0v) is 10.1. The van der Waals surface area contributed by atoms with E-state index in [-0.39, 0.29) is 11.9 Å². The maximum Gasteiger partial charge on any atom is 0.124 e. The first-order valence-electron chi connectivity index (χ1n) is 5.18. The number of aliphatic hydroxyl groups is 1. The molecule has 0 radical (unpaired) electrons. The third-order valence-electron chi connectivity index (χ3n) is 2.02. The Labute approximate surface area is 100 Å². The first kappa shape index (κ1) is 13.1. The van der Waals surface area contributed by atoms with Crippen LogP contribution in [0.4, 0.5) is 4.39 Å². The van der Waals surface area contributed by atoms with Gasteiger partial charge in [0.05, 0.1) is 6.10 Å². The summed E-state index contributed by atoms with van der Waals surface area (Å²) in [5, 5.41) is 9.62. The lowest BCUT2D eigenvalue weighted by Gasteiger charge is -2.08. The zero-order valence-electron chi connectivity index (χ0n) is 9.24. The highest BCUT2D eigenvalue weighted by Gasteiger charge is 2.04. The van der Waals surface area contributed by atoms with Crippen LogP contribution in [0.1, 0.15) is 19.8 Å². The Morgan fingerprint density at radius 1 is 1.50 bits per heavy atom. The van der Waals surface area contributed by atoms with E-state index in [1.54, 1.807) is 13.0 Å². The van der Waals surface area contributed by atoms with Crippen molar-refractivity contribution in [2.45, 2.75) is 30.8 Å². The van der Waals surface area contributed by atoms with E-state index in [1.165, 1.54) is 23.9 Å². The second-order valence-corrected chi connectivity index (χ2v) is 4.48. The van der Waals surface area contributed by atoms with Crippen LogP contribution in [0.2, 0.25) is 0 Å². The van der Waals surface area contributed by atoms with E-state index in [4.69, 9.17) is 0 Å². The van der Waals surface area contributed by atoms with E-state index in [0.717, 1.165) is 4.90 Å². The summed E-state index contributed by atoms with van der Waals surface area (Å²) in [7, 11) is 0. The van der Waals surface area contributed by atoms with E-state index >= 15 is 0 Å². The Morgan fingerprint density at radius 3 is 3.00 bits per heavy atom. The highest BCUT2D eigenvalue weighted by molar-refractivity contribution is 7.99. The summed E-state index contributed by atoms with van der Waals surface area (Å²) in [5.74, 6) is 6.03. The molecule has 1 aromatic carbocycles. The Hall–Kier alpha value is -0.980. The van der Waals surface area contributed by atoms with Gasteiger partial charge in [0, 0.05) is 17.1 Å². The van der Waals surface area contributed by atoms with E-state index < -0.39 is 0 Å². The molecule has 1 nitrogen and oxygen atoms in total. The molecule has 0 saturated carbocycles. The van der Waals surface area contributed by atoms with Crippen LogP contribution in [0.3, 0.4) is 0 Å². The molecule has 16 heavy (non-hydrogen) atoms. The van der Waals surface area contributed by atoms with Gasteiger partial charge in [-0.15, -0.1) is 23.6 Å². The number of thioether (sulfide) groups is 1. The molecule has 3 heteroatoms. The van der Waals surface area contributed by atoms with Gasteiger partial charge >= 0.3 is 0 Å². The maximum absolute atomic E-state index is 12.8. The summed E-state index contributed by atoms with van der Waals surface area (Å²) in [6.45, 7) is 1.79. The normalized spacial score (nSPS) is 11.7. The van der Waals surface area contributed by atoms with Gasteiger partial charge in [-0.3, -0.25) is 0 Å². The Bertz CT molecular complexity index is 381. The largest absolute Gasteiger partial charge is 0.392 e. The van der Waals surface area contributed by atoms with E-state index in [9.17, 15) is 9.50 Å². The first-order valence-corrected chi connectivity index (χ1v) is 6.17. The number of aliphatic hydroxyl groups excluding tert-OH is 1. The van der Waals surface area contributed by atoms with Crippen molar-refractivity contribution in [3.63, 3.8) is 0 Å². The van der Waals surface area contributed by atoms with E-state index in [1.807, 2.05) is 6.07 Å². The summed E-state index contributed by atoms with van der Waals surface area (Å²) in [4.78, 5) is 0.848. The van der Waals surface area contributed by atoms with Gasteiger partial charge in [-0.1, -0.05) is 6.07 Å². The molecule has 0 amide bonds. The molecule has 0 aliphatic rings. The molecule has 0 aliphatic carbocycles. The lowest BCUT2D eigenvalue weighted by Crippen LogP contribution is -2.08. The van der Waals surface area contributed by atoms with Crippen LogP contribution in [0, 0.1) is 17.7 Å². The minimum absolute atomic E-state index is 0.240. The number of benzene rings is 1. The second kappa shape index (κ2) is 7.32. The summed E-state index contributed by atoms with van der Waals surface area (Å²) in [6, 6.07) is 6.40. The molecular formula is C13H15FOS. The van der Waals surface area contributed by atoms with Crippen molar-refractivity contribution in [3.05, 3.63) is 30.1 Å². The Balaban J connectivity index is 2.30. The van der Waals surface area contributed by atoms with Gasteiger partial charge in [0.1, 0.15) is 5.82 Å². The zero-order chi connectivity index (χ0) is 11.8. The smallest absolute Gasteiger partial charge is 0.124 e. The van der Waals surface area contributed by atoms with Gasteiger partial charge in [-0.05, 0) is 31.5 Å². The summed E-state index contributed by atoms with van der Waals surface area (Å²) < 4.78 is 12.8. The molecule has 0 spiro atoms. The average molecular weight is 238 g/mol. The standard InChI is InChI=1S/C13H15FOS/c1-2-3-4-7-12(15)10-16-13-8-5-6-11(14)9-13/h5-6,8-9,12,15H,4,7,10H2,1H3. The molecule has 1 unspecified atom stereocenters. The molecule has 0 aromatic heterocycles. The molecule has 0 aliphatic heterocycles. The van der Waals surface area contributed by atoms with Crippen LogP contribution in [-0.2, 0) is 0 Å². The molecule has 1 N–H and O–H groups in total. The third kappa shape index (κ3) is 5.20. The van der Waals surface area contributed by atoms with E-state index in [2.05, 4.69) is 11.8 Å². The monoisotopic (exact) mass is 238 g/mol. The second-order valence-electron chi connectivity index (χ2n) is 3.39. The van der Waals surface area contributed by atoms with Crippen molar-refractivity contribution in [1.29, 1.82) is 0 Å². The number of rotatable bonds is 5. The number of halogens is 1. The molecule has 1 aromatic rings. The summed E-state index contributed by atoms with van der Waals surface area (Å²) in [6.07, 6.45) is 0.999. The first-order chi connectivity index (χ1) is 7.72. The quantitative estimate of drug-likeness (QED) is 0.628. The minimum atomic E-state index is -0.380. The van der Waals surface area contributed by atoms with Crippen molar-refractivity contribution >= 4 is 11.8 Å². The molecule has 0 saturated heterocycles. The molecule has 0 bridgehead atoms. The fourth-order valence-corrected chi connectivity index (χ4v) is 2.12. The Kier molecular flexibility index (Phi) is 5.99. The summed E-state index contributed by atoms with van der Waals surface area (Å²) in [5.41, 5.74) is 0. The number of hydrogen-bond acceptors (Lipinski definition) is 2.